The van der Waals surface area contributed by atoms with Gasteiger partial charge in [0, 0.05) is 18.2 Å². The fourth-order valence-electron chi connectivity index (χ4n) is 4.01. The number of amides is 1. The first-order valence-corrected chi connectivity index (χ1v) is 11.9. The number of nitrogens with one attached hydrogen (secondary N) is 1. The summed E-state index contributed by atoms with van der Waals surface area (Å²) in [4.78, 5) is 13.9. The number of hydrogen-bond donors (Lipinski definition) is 1. The quantitative estimate of drug-likeness (QED) is 0.719. The molecule has 2 aromatic rings. The summed E-state index contributed by atoms with van der Waals surface area (Å²) in [6.45, 7) is 0.480. The van der Waals surface area contributed by atoms with Crippen molar-refractivity contribution in [2.45, 2.75) is 37.8 Å². The molecule has 0 bridgehead atoms. The van der Waals surface area contributed by atoms with Crippen LogP contribution in [0.2, 0.25) is 0 Å². The number of carbonyl (C=O) groups is 1. The molecule has 0 aromatic heterocycles. The van der Waals surface area contributed by atoms with Crippen molar-refractivity contribution in [3.05, 3.63) is 59.7 Å². The van der Waals surface area contributed by atoms with Crippen molar-refractivity contribution in [2.24, 2.45) is 0 Å². The molecule has 1 N–H and O–H groups in total. The Morgan fingerprint density at radius 3 is 2.52 bits per heavy atom. The molecule has 1 fully saturated rings. The van der Waals surface area contributed by atoms with E-state index in [9.17, 15) is 22.0 Å². The van der Waals surface area contributed by atoms with E-state index in [4.69, 9.17) is 4.74 Å². The van der Waals surface area contributed by atoms with Crippen LogP contribution >= 0.6 is 0 Å². The van der Waals surface area contributed by atoms with Crippen molar-refractivity contribution >= 4 is 16.1 Å². The maximum Gasteiger partial charge on any atom is 0.409 e. The Balaban J connectivity index is 1.88. The van der Waals surface area contributed by atoms with Crippen LogP contribution in [0.1, 0.15) is 30.4 Å². The summed E-state index contributed by atoms with van der Waals surface area (Å²) in [5, 5.41) is 0. The molecule has 0 unspecified atom stereocenters. The number of sulfonamides is 1. The molecule has 0 saturated carbocycles. The first-order valence-electron chi connectivity index (χ1n) is 9.97. The van der Waals surface area contributed by atoms with E-state index in [1.165, 1.54) is 19.2 Å². The molecule has 6 nitrogen and oxygen atoms in total. The number of hydrogen-bond acceptors (Lipinski definition) is 4. The molecule has 31 heavy (non-hydrogen) atoms. The Morgan fingerprint density at radius 1 is 1.19 bits per heavy atom. The van der Waals surface area contributed by atoms with Gasteiger partial charge in [-0.2, -0.15) is 0 Å². The molecule has 3 rings (SSSR count). The fourth-order valence-corrected chi connectivity index (χ4v) is 4.83. The van der Waals surface area contributed by atoms with Crippen molar-refractivity contribution in [1.29, 1.82) is 0 Å². The van der Waals surface area contributed by atoms with Crippen molar-refractivity contribution in [3.63, 3.8) is 0 Å². The van der Waals surface area contributed by atoms with Crippen molar-refractivity contribution in [3.8, 4) is 11.1 Å². The van der Waals surface area contributed by atoms with Gasteiger partial charge in [-0.25, -0.2) is 26.7 Å². The molecule has 0 radical (unpaired) electrons. The predicted octanol–water partition coefficient (Wildman–Crippen LogP) is 3.98. The zero-order valence-electron chi connectivity index (χ0n) is 17.4. The van der Waals surface area contributed by atoms with Gasteiger partial charge in [0.15, 0.2) is 0 Å². The van der Waals surface area contributed by atoms with Gasteiger partial charge in [-0.1, -0.05) is 48.5 Å². The molecule has 1 aliphatic rings. The second-order valence-electron chi connectivity index (χ2n) is 7.70. The van der Waals surface area contributed by atoms with Gasteiger partial charge in [-0.15, -0.1) is 0 Å². The number of likely N-dealkylation sites (tertiary alicyclic amines) is 1. The van der Waals surface area contributed by atoms with Gasteiger partial charge in [-0.05, 0) is 36.0 Å². The highest BCUT2D eigenvalue weighted by molar-refractivity contribution is 7.88. The molecule has 1 heterocycles. The molecule has 0 aliphatic carbocycles. The summed E-state index contributed by atoms with van der Waals surface area (Å²) in [7, 11) is -2.15. The van der Waals surface area contributed by atoms with Crippen LogP contribution in [0, 0.1) is 0 Å². The smallest absolute Gasteiger partial charge is 0.409 e. The summed E-state index contributed by atoms with van der Waals surface area (Å²) >= 11 is 0. The topological polar surface area (TPSA) is 75.7 Å². The Bertz CT molecular complexity index is 1010. The average molecular weight is 453 g/mol. The van der Waals surface area contributed by atoms with Crippen molar-refractivity contribution in [2.75, 3.05) is 19.9 Å². The van der Waals surface area contributed by atoms with E-state index in [-0.39, 0.29) is 5.56 Å². The molecule has 168 valence electrons. The number of nitrogens with zero attached hydrogens (tertiary/aromatic N) is 1. The van der Waals surface area contributed by atoms with Crippen LogP contribution in [0.4, 0.5) is 13.6 Å². The van der Waals surface area contributed by atoms with E-state index in [2.05, 4.69) is 4.72 Å². The number of piperidine rings is 1. The highest BCUT2D eigenvalue weighted by atomic mass is 32.2. The zero-order chi connectivity index (χ0) is 22.6. The average Bonchev–Trinajstić information content (AvgIpc) is 2.73. The van der Waals surface area contributed by atoms with E-state index in [0.717, 1.165) is 22.9 Å². The van der Waals surface area contributed by atoms with Gasteiger partial charge >= 0.3 is 6.09 Å². The summed E-state index contributed by atoms with van der Waals surface area (Å²) in [5.41, 5.74) is 2.51. The van der Waals surface area contributed by atoms with Gasteiger partial charge in [-0.3, -0.25) is 0 Å². The largest absolute Gasteiger partial charge is 0.453 e. The number of carbonyl (C=O) groups excluding carboxylic acids is 1. The minimum absolute atomic E-state index is 0.0366. The first kappa shape index (κ1) is 23.1. The van der Waals surface area contributed by atoms with Gasteiger partial charge < -0.3 is 9.64 Å². The molecule has 1 amide bonds. The van der Waals surface area contributed by atoms with Crippen LogP contribution in [-0.4, -0.2) is 51.4 Å². The SMILES string of the molecule is COC(=O)N1CCC[C@H](NS(C)(=O)=O)[C@@H]1Cc1cccc(-c2ccc(C(F)F)cc2)c1. The van der Waals surface area contributed by atoms with Crippen LogP contribution in [0.15, 0.2) is 48.5 Å². The van der Waals surface area contributed by atoms with E-state index in [1.807, 2.05) is 24.3 Å². The van der Waals surface area contributed by atoms with Crippen LogP contribution < -0.4 is 4.72 Å². The number of rotatable bonds is 6. The van der Waals surface area contributed by atoms with Crippen LogP contribution in [0.3, 0.4) is 0 Å². The lowest BCUT2D eigenvalue weighted by atomic mass is 9.90. The minimum atomic E-state index is -3.46. The van der Waals surface area contributed by atoms with E-state index in [1.54, 1.807) is 17.0 Å². The fraction of sp³-hybridized carbons (Fsp3) is 0.409. The molecular formula is C22H26F2N2O4S. The summed E-state index contributed by atoms with van der Waals surface area (Å²) in [5.74, 6) is 0. The number of benzene rings is 2. The lowest BCUT2D eigenvalue weighted by molar-refractivity contribution is 0.0792. The lowest BCUT2D eigenvalue weighted by Crippen LogP contribution is -2.57. The van der Waals surface area contributed by atoms with Crippen molar-refractivity contribution in [1.82, 2.24) is 9.62 Å². The second-order valence-corrected chi connectivity index (χ2v) is 9.48. The van der Waals surface area contributed by atoms with E-state index >= 15 is 0 Å². The molecule has 9 heteroatoms. The molecule has 2 aromatic carbocycles. The zero-order valence-corrected chi connectivity index (χ0v) is 18.2. The van der Waals surface area contributed by atoms with Crippen LogP contribution in [0.5, 0.6) is 0 Å². The Hall–Kier alpha value is -2.52. The van der Waals surface area contributed by atoms with Gasteiger partial charge in [0.1, 0.15) is 0 Å². The summed E-state index contributed by atoms with van der Waals surface area (Å²) in [6, 6.07) is 12.8. The van der Waals surface area contributed by atoms with Gasteiger partial charge in [0.25, 0.3) is 6.43 Å². The second kappa shape index (κ2) is 9.74. The first-order chi connectivity index (χ1) is 14.7. The monoisotopic (exact) mass is 452 g/mol. The van der Waals surface area contributed by atoms with Crippen molar-refractivity contribution < 1.29 is 26.7 Å². The summed E-state index contributed by atoms with van der Waals surface area (Å²) < 4.78 is 56.9. The normalized spacial score (nSPS) is 19.5. The van der Waals surface area contributed by atoms with Crippen LogP contribution in [-0.2, 0) is 21.2 Å². The third-order valence-electron chi connectivity index (χ3n) is 5.42. The maximum atomic E-state index is 12.8. The Morgan fingerprint density at radius 2 is 1.90 bits per heavy atom. The lowest BCUT2D eigenvalue weighted by Gasteiger charge is -2.40. The summed E-state index contributed by atoms with van der Waals surface area (Å²) in [6.07, 6.45) is -0.218. The molecular weight excluding hydrogens is 426 g/mol. The Kier molecular flexibility index (Phi) is 7.27. The van der Waals surface area contributed by atoms with E-state index < -0.39 is 34.6 Å². The highest BCUT2D eigenvalue weighted by Gasteiger charge is 2.36. The number of methoxy groups -OCH3 is 1. The third kappa shape index (κ3) is 6.01. The van der Waals surface area contributed by atoms with Crippen LogP contribution in [0.25, 0.3) is 11.1 Å². The maximum absolute atomic E-state index is 12.8. The molecule has 1 saturated heterocycles. The number of alkyl halides is 2. The third-order valence-corrected chi connectivity index (χ3v) is 6.15. The van der Waals surface area contributed by atoms with Gasteiger partial charge in [0.05, 0.1) is 19.4 Å². The standard InChI is InChI=1S/C22H26F2N2O4S/c1-30-22(27)26-12-4-7-19(25-31(2,28)29)20(26)14-15-5-3-6-18(13-15)16-8-10-17(11-9-16)21(23)24/h3,5-6,8-11,13,19-21,25H,4,7,12,14H2,1-2H3/t19-,20-/m0/s1. The van der Waals surface area contributed by atoms with Gasteiger partial charge in [0.2, 0.25) is 10.0 Å². The number of halogens is 2. The molecule has 1 aliphatic heterocycles. The predicted molar refractivity (Wildman–Crippen MR) is 114 cm³/mol. The number of ether oxygens (including phenoxy) is 1. The van der Waals surface area contributed by atoms with E-state index in [0.29, 0.717) is 25.8 Å². The highest BCUT2D eigenvalue weighted by Crippen LogP contribution is 2.27. The minimum Gasteiger partial charge on any atom is -0.453 e. The molecule has 2 atom stereocenters. The Labute approximate surface area is 181 Å². The molecule has 0 spiro atoms.